The number of aryl methyl sites for hydroxylation is 1. The van der Waals surface area contributed by atoms with Gasteiger partial charge in [0.05, 0.1) is 12.6 Å². The zero-order chi connectivity index (χ0) is 14.0. The quantitative estimate of drug-likeness (QED) is 0.564. The Morgan fingerprint density at radius 3 is 2.89 bits per heavy atom. The summed E-state index contributed by atoms with van der Waals surface area (Å²) < 4.78 is 0. The monoisotopic (exact) mass is 263 g/mol. The highest BCUT2D eigenvalue weighted by Crippen LogP contribution is 2.26. The maximum atomic E-state index is 12.5. The number of hydrogen-bond acceptors (Lipinski definition) is 4. The molecule has 0 aromatic heterocycles. The van der Waals surface area contributed by atoms with E-state index in [-0.39, 0.29) is 18.6 Å². The molecule has 104 valence electrons. The van der Waals surface area contributed by atoms with Gasteiger partial charge in [-0.25, -0.2) is 0 Å². The second-order valence-corrected chi connectivity index (χ2v) is 5.19. The van der Waals surface area contributed by atoms with Gasteiger partial charge in [-0.15, -0.1) is 0 Å². The number of nitrogens with one attached hydrogen (secondary N) is 1. The number of hydrogen-bond donors (Lipinski definition) is 3. The molecule has 2 atom stereocenters. The maximum Gasteiger partial charge on any atom is 0.254 e. The molecule has 1 aromatic carbocycles. The van der Waals surface area contributed by atoms with Crippen LogP contribution in [0.4, 0.5) is 5.69 Å². The molecule has 0 radical (unpaired) electrons. The Hall–Kier alpha value is -1.59. The molecular weight excluding hydrogens is 242 g/mol. The van der Waals surface area contributed by atoms with E-state index in [0.29, 0.717) is 18.0 Å². The Balaban J connectivity index is 2.24. The Morgan fingerprint density at radius 1 is 1.58 bits per heavy atom. The van der Waals surface area contributed by atoms with Crippen LogP contribution in [-0.4, -0.2) is 35.1 Å². The van der Waals surface area contributed by atoms with Crippen molar-refractivity contribution in [2.75, 3.05) is 18.6 Å². The summed E-state index contributed by atoms with van der Waals surface area (Å²) in [5.41, 5.74) is 4.90. The maximum absolute atomic E-state index is 12.5. The first-order valence-electron chi connectivity index (χ1n) is 6.57. The van der Waals surface area contributed by atoms with Crippen LogP contribution in [0.15, 0.2) is 18.2 Å². The molecule has 19 heavy (non-hydrogen) atoms. The van der Waals surface area contributed by atoms with E-state index in [9.17, 15) is 9.90 Å². The van der Waals surface area contributed by atoms with Crippen LogP contribution < -0.4 is 11.3 Å². The van der Waals surface area contributed by atoms with Gasteiger partial charge in [0, 0.05) is 17.8 Å². The number of carbonyl (C=O) groups is 1. The van der Waals surface area contributed by atoms with Gasteiger partial charge in [0.1, 0.15) is 0 Å². The molecule has 1 aromatic rings. The summed E-state index contributed by atoms with van der Waals surface area (Å²) in [4.78, 5) is 14.3. The SMILES string of the molecule is Cc1cc(NN)ccc1C(=O)N1CCC(C)C1CO. The lowest BCUT2D eigenvalue weighted by atomic mass is 10.0. The molecule has 1 aliphatic heterocycles. The number of nitrogens with two attached hydrogens (primary N) is 1. The van der Waals surface area contributed by atoms with E-state index >= 15 is 0 Å². The molecule has 0 saturated carbocycles. The Bertz CT molecular complexity index is 476. The Kier molecular flexibility index (Phi) is 4.07. The summed E-state index contributed by atoms with van der Waals surface area (Å²) in [5.74, 6) is 5.69. The largest absolute Gasteiger partial charge is 0.394 e. The van der Waals surface area contributed by atoms with E-state index in [2.05, 4.69) is 12.3 Å². The van der Waals surface area contributed by atoms with Crippen LogP contribution in [0.2, 0.25) is 0 Å². The predicted molar refractivity (Wildman–Crippen MR) is 74.7 cm³/mol. The van der Waals surface area contributed by atoms with Crippen molar-refractivity contribution in [2.45, 2.75) is 26.3 Å². The van der Waals surface area contributed by atoms with Crippen molar-refractivity contribution in [3.8, 4) is 0 Å². The van der Waals surface area contributed by atoms with Gasteiger partial charge in [0.25, 0.3) is 5.91 Å². The van der Waals surface area contributed by atoms with Crippen molar-refractivity contribution in [3.63, 3.8) is 0 Å². The lowest BCUT2D eigenvalue weighted by Crippen LogP contribution is -2.40. The van der Waals surface area contributed by atoms with Crippen LogP contribution in [0.3, 0.4) is 0 Å². The number of carbonyl (C=O) groups excluding carboxylic acids is 1. The fraction of sp³-hybridized carbons (Fsp3) is 0.500. The number of nitrogens with zero attached hydrogens (tertiary/aromatic N) is 1. The molecule has 1 amide bonds. The second-order valence-electron chi connectivity index (χ2n) is 5.19. The smallest absolute Gasteiger partial charge is 0.254 e. The Morgan fingerprint density at radius 2 is 2.32 bits per heavy atom. The van der Waals surface area contributed by atoms with E-state index in [1.165, 1.54) is 0 Å². The van der Waals surface area contributed by atoms with Crippen LogP contribution in [0.5, 0.6) is 0 Å². The number of aliphatic hydroxyl groups is 1. The van der Waals surface area contributed by atoms with Gasteiger partial charge in [-0.05, 0) is 43.0 Å². The molecule has 1 saturated heterocycles. The number of rotatable bonds is 3. The number of hydrazine groups is 1. The molecule has 2 unspecified atom stereocenters. The van der Waals surface area contributed by atoms with Gasteiger partial charge in [-0.2, -0.15) is 0 Å². The number of benzene rings is 1. The van der Waals surface area contributed by atoms with Gasteiger partial charge < -0.3 is 15.4 Å². The van der Waals surface area contributed by atoms with Crippen LogP contribution in [0.1, 0.15) is 29.3 Å². The first-order valence-corrected chi connectivity index (χ1v) is 6.57. The highest BCUT2D eigenvalue weighted by atomic mass is 16.3. The molecule has 5 heteroatoms. The molecule has 1 aliphatic rings. The van der Waals surface area contributed by atoms with Crippen LogP contribution in [0.25, 0.3) is 0 Å². The molecule has 0 bridgehead atoms. The van der Waals surface area contributed by atoms with Crippen molar-refractivity contribution >= 4 is 11.6 Å². The zero-order valence-electron chi connectivity index (χ0n) is 11.4. The van der Waals surface area contributed by atoms with Crippen molar-refractivity contribution in [2.24, 2.45) is 11.8 Å². The fourth-order valence-corrected chi connectivity index (χ4v) is 2.69. The molecule has 1 heterocycles. The summed E-state index contributed by atoms with van der Waals surface area (Å²) >= 11 is 0. The van der Waals surface area contributed by atoms with Crippen LogP contribution in [0, 0.1) is 12.8 Å². The van der Waals surface area contributed by atoms with Gasteiger partial charge in [-0.3, -0.25) is 10.6 Å². The highest BCUT2D eigenvalue weighted by molar-refractivity contribution is 5.96. The van der Waals surface area contributed by atoms with Gasteiger partial charge in [0.2, 0.25) is 0 Å². The first kappa shape index (κ1) is 13.8. The van der Waals surface area contributed by atoms with Crippen molar-refractivity contribution in [3.05, 3.63) is 29.3 Å². The van der Waals surface area contributed by atoms with E-state index in [4.69, 9.17) is 5.84 Å². The number of nitrogen functional groups attached to an aromatic ring is 1. The lowest BCUT2D eigenvalue weighted by Gasteiger charge is -2.26. The van der Waals surface area contributed by atoms with E-state index < -0.39 is 0 Å². The molecule has 0 spiro atoms. The molecule has 4 N–H and O–H groups in total. The van der Waals surface area contributed by atoms with Gasteiger partial charge in [0.15, 0.2) is 0 Å². The summed E-state index contributed by atoms with van der Waals surface area (Å²) in [6.07, 6.45) is 0.943. The first-order chi connectivity index (χ1) is 9.08. The van der Waals surface area contributed by atoms with Gasteiger partial charge >= 0.3 is 0 Å². The lowest BCUT2D eigenvalue weighted by molar-refractivity contribution is 0.0647. The molecule has 2 rings (SSSR count). The normalized spacial score (nSPS) is 22.6. The minimum Gasteiger partial charge on any atom is -0.394 e. The van der Waals surface area contributed by atoms with Crippen LogP contribution >= 0.6 is 0 Å². The second kappa shape index (κ2) is 5.59. The van der Waals surface area contributed by atoms with Crippen molar-refractivity contribution < 1.29 is 9.90 Å². The number of anilines is 1. The topological polar surface area (TPSA) is 78.6 Å². The summed E-state index contributed by atoms with van der Waals surface area (Å²) in [6, 6.07) is 5.35. The molecular formula is C14H21N3O2. The number of aliphatic hydroxyl groups excluding tert-OH is 1. The van der Waals surface area contributed by atoms with Crippen LogP contribution in [-0.2, 0) is 0 Å². The van der Waals surface area contributed by atoms with Crippen molar-refractivity contribution in [1.29, 1.82) is 0 Å². The molecule has 5 nitrogen and oxygen atoms in total. The van der Waals surface area contributed by atoms with Gasteiger partial charge in [-0.1, -0.05) is 6.92 Å². The standard InChI is InChI=1S/C14H21N3O2/c1-9-5-6-17(13(9)8-18)14(19)12-4-3-11(16-15)7-10(12)2/h3-4,7,9,13,16,18H,5-6,8,15H2,1-2H3. The third-order valence-electron chi connectivity index (χ3n) is 3.95. The summed E-state index contributed by atoms with van der Waals surface area (Å²) in [7, 11) is 0. The number of amides is 1. The van der Waals surface area contributed by atoms with Crippen molar-refractivity contribution in [1.82, 2.24) is 4.90 Å². The minimum atomic E-state index is -0.0702. The zero-order valence-corrected chi connectivity index (χ0v) is 11.4. The highest BCUT2D eigenvalue weighted by Gasteiger charge is 2.34. The number of likely N-dealkylation sites (tertiary alicyclic amines) is 1. The van der Waals surface area contributed by atoms with E-state index in [0.717, 1.165) is 17.7 Å². The fourth-order valence-electron chi connectivity index (χ4n) is 2.69. The molecule has 0 aliphatic carbocycles. The average molecular weight is 263 g/mol. The summed E-state index contributed by atoms with van der Waals surface area (Å²) in [5, 5.41) is 9.43. The Labute approximate surface area is 113 Å². The predicted octanol–water partition coefficient (Wildman–Crippen LogP) is 1.12. The summed E-state index contributed by atoms with van der Waals surface area (Å²) in [6.45, 7) is 4.69. The minimum absolute atomic E-state index is 0.00975. The molecule has 1 fully saturated rings. The average Bonchev–Trinajstić information content (AvgIpc) is 2.78. The van der Waals surface area contributed by atoms with E-state index in [1.54, 1.807) is 17.0 Å². The third kappa shape index (κ3) is 2.57. The third-order valence-corrected chi connectivity index (χ3v) is 3.95. The van der Waals surface area contributed by atoms with E-state index in [1.807, 2.05) is 13.0 Å².